The van der Waals surface area contributed by atoms with Crippen LogP contribution in [-0.4, -0.2) is 41.8 Å². The zero-order chi connectivity index (χ0) is 22.1. The second kappa shape index (κ2) is 11.0. The van der Waals surface area contributed by atoms with Crippen LogP contribution < -0.4 is 15.5 Å². The molecule has 0 aliphatic heterocycles. The molecule has 0 heterocycles. The van der Waals surface area contributed by atoms with E-state index in [1.807, 2.05) is 0 Å². The van der Waals surface area contributed by atoms with E-state index in [4.69, 9.17) is 21.4 Å². The van der Waals surface area contributed by atoms with E-state index < -0.39 is 30.4 Å². The Morgan fingerprint density at radius 3 is 2.40 bits per heavy atom. The Labute approximate surface area is 178 Å². The topological polar surface area (TPSA) is 117 Å². The minimum Gasteiger partial charge on any atom is -0.482 e. The average molecular weight is 432 g/mol. The first-order valence-corrected chi connectivity index (χ1v) is 9.48. The van der Waals surface area contributed by atoms with Crippen molar-refractivity contribution in [2.45, 2.75) is 19.9 Å². The molecule has 2 rings (SSSR count). The van der Waals surface area contributed by atoms with Crippen molar-refractivity contribution in [2.24, 2.45) is 11.0 Å². The van der Waals surface area contributed by atoms with Crippen molar-refractivity contribution in [3.8, 4) is 5.75 Å². The molecule has 0 saturated heterocycles. The maximum Gasteiger partial charge on any atom is 0.341 e. The number of carboxylic acids is 1. The fraction of sp³-hybridized carbons (Fsp3) is 0.238. The number of carbonyl (C=O) groups excluding carboxylic acids is 2. The Morgan fingerprint density at radius 1 is 1.13 bits per heavy atom. The summed E-state index contributed by atoms with van der Waals surface area (Å²) in [6, 6.07) is 12.3. The molecule has 2 aromatic carbocycles. The van der Waals surface area contributed by atoms with Gasteiger partial charge in [0.2, 0.25) is 0 Å². The van der Waals surface area contributed by atoms with E-state index in [9.17, 15) is 14.4 Å². The van der Waals surface area contributed by atoms with Crippen molar-refractivity contribution in [2.75, 3.05) is 6.61 Å². The smallest absolute Gasteiger partial charge is 0.341 e. The van der Waals surface area contributed by atoms with Gasteiger partial charge in [0.1, 0.15) is 11.8 Å². The largest absolute Gasteiger partial charge is 0.482 e. The summed E-state index contributed by atoms with van der Waals surface area (Å²) in [5.74, 6) is -1.76. The molecule has 8 nitrogen and oxygen atoms in total. The number of aliphatic carboxylic acids is 1. The predicted molar refractivity (Wildman–Crippen MR) is 113 cm³/mol. The van der Waals surface area contributed by atoms with Crippen LogP contribution in [0, 0.1) is 5.92 Å². The Kier molecular flexibility index (Phi) is 8.37. The van der Waals surface area contributed by atoms with Crippen LogP contribution in [0.5, 0.6) is 5.75 Å². The van der Waals surface area contributed by atoms with Gasteiger partial charge in [0.05, 0.1) is 16.8 Å². The minimum absolute atomic E-state index is 0.183. The van der Waals surface area contributed by atoms with Crippen molar-refractivity contribution in [1.82, 2.24) is 10.7 Å². The lowest BCUT2D eigenvalue weighted by molar-refractivity contribution is -0.139. The van der Waals surface area contributed by atoms with Gasteiger partial charge in [-0.05, 0) is 47.9 Å². The molecule has 1 atom stereocenters. The van der Waals surface area contributed by atoms with Crippen LogP contribution in [0.15, 0.2) is 53.6 Å². The number of ether oxygens (including phenoxy) is 1. The molecule has 1 unspecified atom stereocenters. The number of carboxylic acid groups (broad SMARTS) is 1. The van der Waals surface area contributed by atoms with Gasteiger partial charge in [-0.15, -0.1) is 0 Å². The van der Waals surface area contributed by atoms with Crippen LogP contribution in [0.2, 0.25) is 5.02 Å². The van der Waals surface area contributed by atoms with Crippen LogP contribution >= 0.6 is 11.6 Å². The van der Waals surface area contributed by atoms with Crippen molar-refractivity contribution in [3.63, 3.8) is 0 Å². The number of halogens is 1. The third-order valence-corrected chi connectivity index (χ3v) is 4.31. The molecule has 0 bridgehead atoms. The fourth-order valence-electron chi connectivity index (χ4n) is 2.43. The highest BCUT2D eigenvalue weighted by Crippen LogP contribution is 2.15. The number of hydrogen-bond acceptors (Lipinski definition) is 5. The zero-order valence-corrected chi connectivity index (χ0v) is 17.2. The molecule has 0 aliphatic rings. The molecule has 0 fully saturated rings. The second-order valence-electron chi connectivity index (χ2n) is 6.66. The lowest BCUT2D eigenvalue weighted by Crippen LogP contribution is -2.48. The number of benzene rings is 2. The van der Waals surface area contributed by atoms with Gasteiger partial charge in [-0.2, -0.15) is 5.10 Å². The van der Waals surface area contributed by atoms with Gasteiger partial charge in [0.15, 0.2) is 6.61 Å². The number of nitrogens with zero attached hydrogens (tertiary/aromatic N) is 1. The fourth-order valence-corrected chi connectivity index (χ4v) is 2.66. The maximum atomic E-state index is 12.5. The molecule has 0 saturated carbocycles. The highest BCUT2D eigenvalue weighted by molar-refractivity contribution is 6.33. The summed E-state index contributed by atoms with van der Waals surface area (Å²) >= 11 is 6.04. The number of amides is 2. The normalized spacial score (nSPS) is 11.9. The molecular weight excluding hydrogens is 410 g/mol. The Balaban J connectivity index is 1.95. The number of carbonyl (C=O) groups is 3. The van der Waals surface area contributed by atoms with Crippen molar-refractivity contribution < 1.29 is 24.2 Å². The SMILES string of the molecule is CC(C)C(NC(=O)c1ccccc1Cl)C(=O)NN=Cc1ccc(OCC(=O)O)cc1. The van der Waals surface area contributed by atoms with Crippen LogP contribution in [0.1, 0.15) is 29.8 Å². The third kappa shape index (κ3) is 6.89. The van der Waals surface area contributed by atoms with Crippen molar-refractivity contribution >= 4 is 35.6 Å². The molecule has 2 aromatic rings. The second-order valence-corrected chi connectivity index (χ2v) is 7.07. The van der Waals surface area contributed by atoms with Gasteiger partial charge in [-0.25, -0.2) is 10.2 Å². The van der Waals surface area contributed by atoms with Gasteiger partial charge < -0.3 is 15.2 Å². The molecule has 30 heavy (non-hydrogen) atoms. The van der Waals surface area contributed by atoms with Crippen LogP contribution in [-0.2, 0) is 9.59 Å². The third-order valence-electron chi connectivity index (χ3n) is 3.98. The molecule has 3 N–H and O–H groups in total. The average Bonchev–Trinajstić information content (AvgIpc) is 2.71. The van der Waals surface area contributed by atoms with E-state index in [0.29, 0.717) is 16.3 Å². The lowest BCUT2D eigenvalue weighted by atomic mass is 10.0. The van der Waals surface area contributed by atoms with E-state index in [2.05, 4.69) is 15.8 Å². The Bertz CT molecular complexity index is 928. The first-order chi connectivity index (χ1) is 14.3. The first kappa shape index (κ1) is 22.9. The summed E-state index contributed by atoms with van der Waals surface area (Å²) in [5, 5.41) is 15.5. The van der Waals surface area contributed by atoms with E-state index in [1.165, 1.54) is 6.21 Å². The van der Waals surface area contributed by atoms with E-state index >= 15 is 0 Å². The van der Waals surface area contributed by atoms with Gasteiger partial charge >= 0.3 is 5.97 Å². The molecule has 0 aliphatic carbocycles. The van der Waals surface area contributed by atoms with Gasteiger partial charge in [0, 0.05) is 0 Å². The molecule has 9 heteroatoms. The van der Waals surface area contributed by atoms with Crippen molar-refractivity contribution in [3.05, 3.63) is 64.7 Å². The lowest BCUT2D eigenvalue weighted by Gasteiger charge is -2.20. The summed E-state index contributed by atoms with van der Waals surface area (Å²) in [4.78, 5) is 35.4. The van der Waals surface area contributed by atoms with Crippen LogP contribution in [0.4, 0.5) is 0 Å². The van der Waals surface area contributed by atoms with Gasteiger partial charge in [-0.3, -0.25) is 9.59 Å². The Morgan fingerprint density at radius 2 is 1.80 bits per heavy atom. The molecule has 0 spiro atoms. The van der Waals surface area contributed by atoms with E-state index in [1.54, 1.807) is 62.4 Å². The number of rotatable bonds is 9. The molecular formula is C21H22ClN3O5. The minimum atomic E-state index is -1.07. The molecule has 0 aromatic heterocycles. The highest BCUT2D eigenvalue weighted by Gasteiger charge is 2.25. The Hall–Kier alpha value is -3.39. The van der Waals surface area contributed by atoms with Crippen LogP contribution in [0.25, 0.3) is 0 Å². The standard InChI is InChI=1S/C21H22ClN3O5/c1-13(2)19(24-20(28)16-5-3-4-6-17(16)22)21(29)25-23-11-14-7-9-15(10-8-14)30-12-18(26)27/h3-11,13,19H,12H2,1-2H3,(H,24,28)(H,25,29)(H,26,27). The number of hydrazone groups is 1. The van der Waals surface area contributed by atoms with E-state index in [0.717, 1.165) is 0 Å². The first-order valence-electron chi connectivity index (χ1n) is 9.11. The summed E-state index contributed by atoms with van der Waals surface area (Å²) in [5.41, 5.74) is 3.36. The summed E-state index contributed by atoms with van der Waals surface area (Å²) in [7, 11) is 0. The van der Waals surface area contributed by atoms with Gasteiger partial charge in [-0.1, -0.05) is 37.6 Å². The monoisotopic (exact) mass is 431 g/mol. The van der Waals surface area contributed by atoms with E-state index in [-0.39, 0.29) is 11.5 Å². The summed E-state index contributed by atoms with van der Waals surface area (Å²) < 4.78 is 5.04. The number of nitrogens with one attached hydrogen (secondary N) is 2. The van der Waals surface area contributed by atoms with Gasteiger partial charge in [0.25, 0.3) is 11.8 Å². The quantitative estimate of drug-likeness (QED) is 0.417. The predicted octanol–water partition coefficient (Wildman–Crippen LogP) is 2.71. The molecule has 158 valence electrons. The maximum absolute atomic E-state index is 12.5. The highest BCUT2D eigenvalue weighted by atomic mass is 35.5. The molecule has 0 radical (unpaired) electrons. The van der Waals surface area contributed by atoms with Crippen LogP contribution in [0.3, 0.4) is 0 Å². The van der Waals surface area contributed by atoms with Crippen molar-refractivity contribution in [1.29, 1.82) is 0 Å². The summed E-state index contributed by atoms with van der Waals surface area (Å²) in [6.45, 7) is 3.17. The summed E-state index contributed by atoms with van der Waals surface area (Å²) in [6.07, 6.45) is 1.42. The molecule has 2 amide bonds. The zero-order valence-electron chi connectivity index (χ0n) is 16.5. The number of hydrogen-bond donors (Lipinski definition) is 3.